The van der Waals surface area contributed by atoms with E-state index in [1.165, 1.54) is 0 Å². The van der Waals surface area contributed by atoms with Crippen molar-refractivity contribution in [3.05, 3.63) is 35.9 Å². The van der Waals surface area contributed by atoms with E-state index >= 15 is 0 Å². The molecule has 9 nitrogen and oxygen atoms in total. The van der Waals surface area contributed by atoms with Crippen LogP contribution in [0.4, 0.5) is 4.79 Å². The Hall–Kier alpha value is -2.20. The van der Waals surface area contributed by atoms with Crippen LogP contribution >= 0.6 is 0 Å². The van der Waals surface area contributed by atoms with Crippen molar-refractivity contribution in [2.75, 3.05) is 6.54 Å². The zero-order chi connectivity index (χ0) is 21.2. The lowest BCUT2D eigenvalue weighted by atomic mass is 9.99. The van der Waals surface area contributed by atoms with Crippen LogP contribution in [0.2, 0.25) is 0 Å². The number of unbranched alkanes of at least 4 members (excludes halogenated alkanes) is 2. The summed E-state index contributed by atoms with van der Waals surface area (Å²) in [7, 11) is 0. The fourth-order valence-corrected chi connectivity index (χ4v) is 2.95. The van der Waals surface area contributed by atoms with Crippen LogP contribution in [0.3, 0.4) is 0 Å². The number of aliphatic hydroxyl groups is 3. The predicted octanol–water partition coefficient (Wildman–Crippen LogP) is 0.417. The first-order valence-electron chi connectivity index (χ1n) is 9.82. The molecule has 162 valence electrons. The summed E-state index contributed by atoms with van der Waals surface area (Å²) in [5.41, 5.74) is 0.914. The summed E-state index contributed by atoms with van der Waals surface area (Å²) >= 11 is 0. The van der Waals surface area contributed by atoms with Gasteiger partial charge in [-0.2, -0.15) is 0 Å². The van der Waals surface area contributed by atoms with Gasteiger partial charge in [-0.15, -0.1) is 0 Å². The van der Waals surface area contributed by atoms with Gasteiger partial charge in [0, 0.05) is 13.0 Å². The topological polar surface area (TPSA) is 137 Å². The molecule has 0 aromatic heterocycles. The lowest BCUT2D eigenvalue weighted by Crippen LogP contribution is -2.61. The first kappa shape index (κ1) is 23.1. The monoisotopic (exact) mass is 410 g/mol. The number of aliphatic hydroxyl groups excluding tert-OH is 3. The van der Waals surface area contributed by atoms with Crippen molar-refractivity contribution in [2.45, 2.75) is 69.9 Å². The summed E-state index contributed by atoms with van der Waals surface area (Å²) in [5.74, 6) is -0.319. The van der Waals surface area contributed by atoms with Crippen LogP contribution in [0, 0.1) is 0 Å². The molecule has 1 heterocycles. The van der Waals surface area contributed by atoms with Crippen LogP contribution in [-0.2, 0) is 20.9 Å². The fraction of sp³-hybridized carbons (Fsp3) is 0.600. The molecule has 5 atom stereocenters. The van der Waals surface area contributed by atoms with Crippen LogP contribution in [-0.4, -0.2) is 64.5 Å². The molecule has 1 saturated heterocycles. The molecule has 5 unspecified atom stereocenters. The summed E-state index contributed by atoms with van der Waals surface area (Å²) < 4.78 is 10.4. The predicted molar refractivity (Wildman–Crippen MR) is 104 cm³/mol. The van der Waals surface area contributed by atoms with Gasteiger partial charge in [-0.25, -0.2) is 4.79 Å². The number of hydrogen-bond acceptors (Lipinski definition) is 7. The molecule has 2 amide bonds. The Kier molecular flexibility index (Phi) is 9.33. The minimum absolute atomic E-state index is 0.215. The summed E-state index contributed by atoms with van der Waals surface area (Å²) in [6.45, 7) is 2.21. The van der Waals surface area contributed by atoms with Crippen molar-refractivity contribution >= 4 is 12.0 Å². The molecule has 1 aliphatic rings. The van der Waals surface area contributed by atoms with E-state index in [1.54, 1.807) is 6.92 Å². The van der Waals surface area contributed by atoms with E-state index in [4.69, 9.17) is 9.47 Å². The molecule has 1 fully saturated rings. The number of amides is 2. The molecule has 0 bridgehead atoms. The molecular weight excluding hydrogens is 380 g/mol. The molecule has 1 aromatic carbocycles. The van der Waals surface area contributed by atoms with Gasteiger partial charge >= 0.3 is 6.09 Å². The molecule has 5 N–H and O–H groups in total. The summed E-state index contributed by atoms with van der Waals surface area (Å²) in [5, 5.41) is 34.4. The summed E-state index contributed by atoms with van der Waals surface area (Å²) in [6, 6.07) is 9.39. The van der Waals surface area contributed by atoms with Gasteiger partial charge < -0.3 is 35.4 Å². The van der Waals surface area contributed by atoms with Crippen LogP contribution in [0.15, 0.2) is 30.3 Å². The number of carbonyl (C=O) groups excluding carboxylic acids is 2. The Bertz CT molecular complexity index is 643. The van der Waals surface area contributed by atoms with Crippen molar-refractivity contribution in [3.8, 4) is 0 Å². The van der Waals surface area contributed by atoms with Gasteiger partial charge in [0.25, 0.3) is 0 Å². The van der Waals surface area contributed by atoms with Gasteiger partial charge in [-0.1, -0.05) is 36.8 Å². The van der Waals surface area contributed by atoms with E-state index in [-0.39, 0.29) is 18.9 Å². The zero-order valence-corrected chi connectivity index (χ0v) is 16.5. The Morgan fingerprint density at radius 3 is 2.48 bits per heavy atom. The molecule has 2 rings (SSSR count). The Morgan fingerprint density at radius 2 is 1.76 bits per heavy atom. The number of nitrogens with one attached hydrogen (secondary N) is 2. The number of rotatable bonds is 9. The molecule has 0 aliphatic carbocycles. The highest BCUT2D eigenvalue weighted by atomic mass is 16.6. The maximum Gasteiger partial charge on any atom is 0.407 e. The molecular formula is C20H30N2O7. The number of benzene rings is 1. The van der Waals surface area contributed by atoms with Gasteiger partial charge in [-0.05, 0) is 25.3 Å². The largest absolute Gasteiger partial charge is 0.445 e. The van der Waals surface area contributed by atoms with Crippen LogP contribution in [0.25, 0.3) is 0 Å². The van der Waals surface area contributed by atoms with Crippen LogP contribution in [0.5, 0.6) is 0 Å². The first-order valence-corrected chi connectivity index (χ1v) is 9.82. The third kappa shape index (κ3) is 7.62. The second-order valence-electron chi connectivity index (χ2n) is 7.10. The van der Waals surface area contributed by atoms with E-state index in [2.05, 4.69) is 10.6 Å². The fourth-order valence-electron chi connectivity index (χ4n) is 2.95. The van der Waals surface area contributed by atoms with E-state index in [0.29, 0.717) is 19.4 Å². The van der Waals surface area contributed by atoms with Gasteiger partial charge in [0.05, 0.1) is 6.10 Å². The summed E-state index contributed by atoms with van der Waals surface area (Å²) in [4.78, 5) is 23.6. The van der Waals surface area contributed by atoms with E-state index < -0.39 is 36.7 Å². The molecule has 1 aliphatic heterocycles. The highest BCUT2D eigenvalue weighted by Gasteiger charge is 2.42. The van der Waals surface area contributed by atoms with Crippen molar-refractivity contribution in [1.82, 2.24) is 10.6 Å². The highest BCUT2D eigenvalue weighted by Crippen LogP contribution is 2.19. The number of hydrogen-bond donors (Lipinski definition) is 5. The Labute approximate surface area is 170 Å². The number of alkyl carbamates (subject to hydrolysis) is 1. The minimum Gasteiger partial charge on any atom is -0.445 e. The maximum atomic E-state index is 12.0. The third-order valence-corrected chi connectivity index (χ3v) is 4.72. The Balaban J connectivity index is 1.52. The average molecular weight is 410 g/mol. The zero-order valence-electron chi connectivity index (χ0n) is 16.5. The van der Waals surface area contributed by atoms with E-state index in [1.807, 2.05) is 30.3 Å². The third-order valence-electron chi connectivity index (χ3n) is 4.72. The quantitative estimate of drug-likeness (QED) is 0.372. The smallest absolute Gasteiger partial charge is 0.407 e. The van der Waals surface area contributed by atoms with Gasteiger partial charge in [0.2, 0.25) is 5.91 Å². The second kappa shape index (κ2) is 11.7. The first-order chi connectivity index (χ1) is 13.9. The molecule has 0 radical (unpaired) electrons. The summed E-state index contributed by atoms with van der Waals surface area (Å²) in [6.07, 6.45) is -3.99. The lowest BCUT2D eigenvalue weighted by molar-refractivity contribution is -0.224. The Morgan fingerprint density at radius 1 is 1.03 bits per heavy atom. The number of ether oxygens (including phenoxy) is 2. The molecule has 0 saturated carbocycles. The standard InChI is InChI=1S/C20H30N2O7/c1-13-16(24)17(25)18(26)19(29-13)22-15(23)10-6-3-7-11-21-20(27)28-12-14-8-4-2-5-9-14/h2,4-5,8-9,13,16-19,24-26H,3,6-7,10-12H2,1H3,(H,21,27)(H,22,23). The van der Waals surface area contributed by atoms with Crippen LogP contribution < -0.4 is 10.6 Å². The SMILES string of the molecule is CC1OC(NC(=O)CCCCCNC(=O)OCc2ccccc2)C(O)C(O)C1O. The maximum absolute atomic E-state index is 12.0. The highest BCUT2D eigenvalue weighted by molar-refractivity contribution is 5.76. The number of carbonyl (C=O) groups is 2. The lowest BCUT2D eigenvalue weighted by Gasteiger charge is -2.39. The van der Waals surface area contributed by atoms with Crippen LogP contribution in [0.1, 0.15) is 38.2 Å². The molecule has 0 spiro atoms. The van der Waals surface area contributed by atoms with Crippen molar-refractivity contribution < 1.29 is 34.4 Å². The van der Waals surface area contributed by atoms with E-state index in [9.17, 15) is 24.9 Å². The average Bonchev–Trinajstić information content (AvgIpc) is 2.72. The molecule has 29 heavy (non-hydrogen) atoms. The molecule has 9 heteroatoms. The normalized spacial score (nSPS) is 26.6. The minimum atomic E-state index is -1.39. The van der Waals surface area contributed by atoms with Crippen molar-refractivity contribution in [3.63, 3.8) is 0 Å². The molecule has 1 aromatic rings. The van der Waals surface area contributed by atoms with Gasteiger partial charge in [0.1, 0.15) is 24.9 Å². The van der Waals surface area contributed by atoms with Gasteiger partial charge in [-0.3, -0.25) is 4.79 Å². The second-order valence-corrected chi connectivity index (χ2v) is 7.10. The van der Waals surface area contributed by atoms with Crippen molar-refractivity contribution in [1.29, 1.82) is 0 Å². The van der Waals surface area contributed by atoms with E-state index in [0.717, 1.165) is 12.0 Å². The van der Waals surface area contributed by atoms with Crippen molar-refractivity contribution in [2.24, 2.45) is 0 Å². The van der Waals surface area contributed by atoms with Gasteiger partial charge in [0.15, 0.2) is 6.23 Å².